The maximum absolute atomic E-state index is 6.23. The zero-order valence-electron chi connectivity index (χ0n) is 14.3. The average Bonchev–Trinajstić information content (AvgIpc) is 2.63. The lowest BCUT2D eigenvalue weighted by Gasteiger charge is -2.28. The first-order valence-corrected chi connectivity index (χ1v) is 8.32. The van der Waals surface area contributed by atoms with Gasteiger partial charge >= 0.3 is 0 Å². The molecule has 2 unspecified atom stereocenters. The molecular weight excluding hydrogens is 258 g/mol. The fourth-order valence-corrected chi connectivity index (χ4v) is 3.81. The van der Waals surface area contributed by atoms with E-state index in [1.54, 1.807) is 0 Å². The van der Waals surface area contributed by atoms with Crippen LogP contribution in [0.25, 0.3) is 0 Å². The van der Waals surface area contributed by atoms with Gasteiger partial charge in [0, 0.05) is 6.04 Å². The summed E-state index contributed by atoms with van der Waals surface area (Å²) in [6.07, 6.45) is 3.54. The lowest BCUT2D eigenvalue weighted by Crippen LogP contribution is -2.30. The molecule has 1 aliphatic rings. The van der Waals surface area contributed by atoms with Crippen LogP contribution < -0.4 is 5.32 Å². The molecule has 0 bridgehead atoms. The molecule has 0 spiro atoms. The van der Waals surface area contributed by atoms with Crippen LogP contribution in [-0.2, 0) is 4.74 Å². The normalized spacial score (nSPS) is 24.9. The van der Waals surface area contributed by atoms with E-state index >= 15 is 0 Å². The number of benzene rings is 1. The van der Waals surface area contributed by atoms with E-state index in [2.05, 4.69) is 70.3 Å². The van der Waals surface area contributed by atoms with E-state index in [0.717, 1.165) is 13.0 Å². The molecule has 1 saturated heterocycles. The predicted molar refractivity (Wildman–Crippen MR) is 89.4 cm³/mol. The van der Waals surface area contributed by atoms with Crippen molar-refractivity contribution in [3.63, 3.8) is 0 Å². The molecule has 0 aromatic heterocycles. The molecule has 1 N–H and O–H groups in total. The van der Waals surface area contributed by atoms with Crippen LogP contribution in [-0.4, -0.2) is 17.7 Å². The number of hydrogen-bond donors (Lipinski definition) is 1. The SMILES string of the molecule is CCNC(CCC1CC(C)(C)OC1(C)C)c1ccccc1. The molecule has 1 fully saturated rings. The van der Waals surface area contributed by atoms with E-state index in [-0.39, 0.29) is 11.2 Å². The predicted octanol–water partition coefficient (Wildman–Crippen LogP) is 4.71. The molecule has 0 amide bonds. The zero-order valence-corrected chi connectivity index (χ0v) is 14.3. The van der Waals surface area contributed by atoms with Crippen molar-refractivity contribution in [1.82, 2.24) is 5.32 Å². The molecule has 1 heterocycles. The number of ether oxygens (including phenoxy) is 1. The minimum absolute atomic E-state index is 0.00302. The van der Waals surface area contributed by atoms with Crippen LogP contribution in [0.2, 0.25) is 0 Å². The van der Waals surface area contributed by atoms with Gasteiger partial charge in [-0.25, -0.2) is 0 Å². The van der Waals surface area contributed by atoms with Gasteiger partial charge in [0.25, 0.3) is 0 Å². The topological polar surface area (TPSA) is 21.3 Å². The molecule has 2 rings (SSSR count). The minimum Gasteiger partial charge on any atom is -0.369 e. The van der Waals surface area contributed by atoms with Gasteiger partial charge in [0.2, 0.25) is 0 Å². The molecule has 0 aliphatic carbocycles. The van der Waals surface area contributed by atoms with Crippen molar-refractivity contribution in [2.24, 2.45) is 5.92 Å². The van der Waals surface area contributed by atoms with Crippen molar-refractivity contribution >= 4 is 0 Å². The molecule has 1 aromatic rings. The third kappa shape index (κ3) is 4.31. The van der Waals surface area contributed by atoms with Gasteiger partial charge in [0.1, 0.15) is 0 Å². The molecule has 0 saturated carbocycles. The Morgan fingerprint density at radius 3 is 2.38 bits per heavy atom. The summed E-state index contributed by atoms with van der Waals surface area (Å²) in [6.45, 7) is 12.1. The zero-order chi connectivity index (χ0) is 15.5. The van der Waals surface area contributed by atoms with Crippen molar-refractivity contribution in [3.05, 3.63) is 35.9 Å². The Bertz CT molecular complexity index is 438. The Morgan fingerprint density at radius 1 is 1.19 bits per heavy atom. The Morgan fingerprint density at radius 2 is 1.86 bits per heavy atom. The van der Waals surface area contributed by atoms with E-state index in [4.69, 9.17) is 4.74 Å². The Hall–Kier alpha value is -0.860. The van der Waals surface area contributed by atoms with Crippen LogP contribution in [0.15, 0.2) is 30.3 Å². The summed E-state index contributed by atoms with van der Waals surface area (Å²) in [5.41, 5.74) is 1.42. The fraction of sp³-hybridized carbons (Fsp3) is 0.684. The van der Waals surface area contributed by atoms with Crippen molar-refractivity contribution in [2.75, 3.05) is 6.54 Å². The molecule has 2 heteroatoms. The van der Waals surface area contributed by atoms with Gasteiger partial charge < -0.3 is 10.1 Å². The van der Waals surface area contributed by atoms with Gasteiger partial charge in [0.05, 0.1) is 11.2 Å². The van der Waals surface area contributed by atoms with Gasteiger partial charge in [-0.2, -0.15) is 0 Å². The summed E-state index contributed by atoms with van der Waals surface area (Å²) < 4.78 is 6.23. The number of rotatable bonds is 6. The highest BCUT2D eigenvalue weighted by atomic mass is 16.5. The minimum atomic E-state index is -0.00302. The highest BCUT2D eigenvalue weighted by Crippen LogP contribution is 2.44. The third-order valence-corrected chi connectivity index (χ3v) is 4.72. The number of nitrogens with one attached hydrogen (secondary N) is 1. The molecule has 118 valence electrons. The van der Waals surface area contributed by atoms with E-state index in [1.807, 2.05) is 0 Å². The Kier molecular flexibility index (Phi) is 5.11. The summed E-state index contributed by atoms with van der Waals surface area (Å²) in [5.74, 6) is 0.636. The van der Waals surface area contributed by atoms with Crippen LogP contribution in [0.3, 0.4) is 0 Å². The Labute approximate surface area is 130 Å². The first-order valence-electron chi connectivity index (χ1n) is 8.32. The van der Waals surface area contributed by atoms with Gasteiger partial charge in [-0.05, 0) is 65.0 Å². The standard InChI is InChI=1S/C19H31NO/c1-6-20-17(15-10-8-7-9-11-15)13-12-16-14-18(2,3)21-19(16,4)5/h7-11,16-17,20H,6,12-14H2,1-5H3. The monoisotopic (exact) mass is 289 g/mol. The van der Waals surface area contributed by atoms with E-state index in [9.17, 15) is 0 Å². The smallest absolute Gasteiger partial charge is 0.0662 e. The molecule has 0 radical (unpaired) electrons. The van der Waals surface area contributed by atoms with Crippen molar-refractivity contribution < 1.29 is 4.74 Å². The lowest BCUT2D eigenvalue weighted by molar-refractivity contribution is -0.0754. The fourth-order valence-electron chi connectivity index (χ4n) is 3.81. The Balaban J connectivity index is 1.99. The second-order valence-electron chi connectivity index (χ2n) is 7.46. The summed E-state index contributed by atoms with van der Waals surface area (Å²) in [6, 6.07) is 11.3. The van der Waals surface area contributed by atoms with Crippen molar-refractivity contribution in [1.29, 1.82) is 0 Å². The van der Waals surface area contributed by atoms with E-state index in [1.165, 1.54) is 18.4 Å². The molecule has 2 atom stereocenters. The van der Waals surface area contributed by atoms with E-state index in [0.29, 0.717) is 12.0 Å². The van der Waals surface area contributed by atoms with Crippen molar-refractivity contribution in [3.8, 4) is 0 Å². The van der Waals surface area contributed by atoms with Gasteiger partial charge in [-0.3, -0.25) is 0 Å². The summed E-state index contributed by atoms with van der Waals surface area (Å²) in [4.78, 5) is 0. The summed E-state index contributed by atoms with van der Waals surface area (Å²) >= 11 is 0. The molecule has 21 heavy (non-hydrogen) atoms. The maximum Gasteiger partial charge on any atom is 0.0662 e. The lowest BCUT2D eigenvalue weighted by atomic mass is 9.82. The third-order valence-electron chi connectivity index (χ3n) is 4.72. The molecule has 1 aromatic carbocycles. The second kappa shape index (κ2) is 6.50. The first-order chi connectivity index (χ1) is 9.84. The largest absolute Gasteiger partial charge is 0.369 e. The highest BCUT2D eigenvalue weighted by Gasteiger charge is 2.45. The van der Waals surface area contributed by atoms with Gasteiger partial charge in [0.15, 0.2) is 0 Å². The van der Waals surface area contributed by atoms with Gasteiger partial charge in [-0.1, -0.05) is 37.3 Å². The van der Waals surface area contributed by atoms with Crippen LogP contribution in [0.5, 0.6) is 0 Å². The van der Waals surface area contributed by atoms with Crippen molar-refractivity contribution in [2.45, 2.75) is 71.1 Å². The summed E-state index contributed by atoms with van der Waals surface area (Å²) in [7, 11) is 0. The maximum atomic E-state index is 6.23. The van der Waals surface area contributed by atoms with Crippen LogP contribution in [0.4, 0.5) is 0 Å². The molecular formula is C19H31NO. The molecule has 2 nitrogen and oxygen atoms in total. The van der Waals surface area contributed by atoms with Crippen LogP contribution >= 0.6 is 0 Å². The van der Waals surface area contributed by atoms with Crippen LogP contribution in [0.1, 0.15) is 65.5 Å². The number of hydrogen-bond acceptors (Lipinski definition) is 2. The highest BCUT2D eigenvalue weighted by molar-refractivity contribution is 5.18. The van der Waals surface area contributed by atoms with Crippen LogP contribution in [0, 0.1) is 5.92 Å². The quantitative estimate of drug-likeness (QED) is 0.819. The summed E-state index contributed by atoms with van der Waals surface area (Å²) in [5, 5.41) is 3.63. The van der Waals surface area contributed by atoms with E-state index < -0.39 is 0 Å². The first kappa shape index (κ1) is 16.5. The second-order valence-corrected chi connectivity index (χ2v) is 7.46. The molecule has 1 aliphatic heterocycles. The average molecular weight is 289 g/mol. The van der Waals surface area contributed by atoms with Gasteiger partial charge in [-0.15, -0.1) is 0 Å².